The average Bonchev–Trinajstić information content (AvgIpc) is 2.43. The van der Waals surface area contributed by atoms with Crippen LogP contribution in [0.5, 0.6) is 0 Å². The van der Waals surface area contributed by atoms with Crippen LogP contribution in [0.15, 0.2) is 18.2 Å². The number of hydrogen-bond acceptors (Lipinski definition) is 2. The molecule has 0 bridgehead atoms. The van der Waals surface area contributed by atoms with Crippen molar-refractivity contribution >= 4 is 11.8 Å². The smallest absolute Gasteiger partial charge is 0.277 e. The van der Waals surface area contributed by atoms with Crippen molar-refractivity contribution in [1.29, 1.82) is 0 Å². The molecule has 0 saturated carbocycles. The van der Waals surface area contributed by atoms with E-state index in [9.17, 15) is 18.4 Å². The van der Waals surface area contributed by atoms with Gasteiger partial charge in [0.2, 0.25) is 5.91 Å². The summed E-state index contributed by atoms with van der Waals surface area (Å²) >= 11 is 0. The Bertz CT molecular complexity index is 523. The third-order valence-corrected chi connectivity index (χ3v) is 3.18. The molecule has 0 aliphatic rings. The van der Waals surface area contributed by atoms with Crippen molar-refractivity contribution in [2.45, 2.75) is 13.0 Å². The number of benzene rings is 1. The molecule has 2 amide bonds. The van der Waals surface area contributed by atoms with E-state index in [2.05, 4.69) is 5.32 Å². The van der Waals surface area contributed by atoms with E-state index in [1.165, 1.54) is 31.1 Å². The van der Waals surface area contributed by atoms with Crippen LogP contribution in [0.25, 0.3) is 0 Å². The quantitative estimate of drug-likeness (QED) is 0.764. The number of hydrogen-bond donors (Lipinski definition) is 2. The molecule has 0 radical (unpaired) electrons. The van der Waals surface area contributed by atoms with Gasteiger partial charge in [0, 0.05) is 25.7 Å². The highest BCUT2D eigenvalue weighted by Gasteiger charge is 2.18. The van der Waals surface area contributed by atoms with Gasteiger partial charge >= 0.3 is 0 Å². The molecule has 0 saturated heterocycles. The lowest BCUT2D eigenvalue weighted by Crippen LogP contribution is -2.87. The lowest BCUT2D eigenvalue weighted by molar-refractivity contribution is -0.683. The van der Waals surface area contributed by atoms with Crippen LogP contribution < -0.4 is 10.6 Å². The maximum Gasteiger partial charge on any atom is 0.277 e. The third-order valence-electron chi connectivity index (χ3n) is 3.18. The van der Waals surface area contributed by atoms with Gasteiger partial charge in [-0.2, -0.15) is 0 Å². The summed E-state index contributed by atoms with van der Waals surface area (Å²) in [7, 11) is 3.01. The third kappa shape index (κ3) is 5.11. The van der Waals surface area contributed by atoms with E-state index in [1.807, 2.05) is 0 Å². The van der Waals surface area contributed by atoms with E-state index < -0.39 is 11.6 Å². The highest BCUT2D eigenvalue weighted by Crippen LogP contribution is 2.14. The first-order valence-corrected chi connectivity index (χ1v) is 6.58. The van der Waals surface area contributed by atoms with Gasteiger partial charge in [-0.1, -0.05) is 0 Å². The van der Waals surface area contributed by atoms with Gasteiger partial charge in [-0.3, -0.25) is 9.59 Å². The first kappa shape index (κ1) is 17.0. The molecule has 0 spiro atoms. The van der Waals surface area contributed by atoms with Crippen molar-refractivity contribution in [3.05, 3.63) is 35.4 Å². The topological polar surface area (TPSA) is 66.0 Å². The number of likely N-dealkylation sites (N-methyl/N-ethyl adjacent to an activating group) is 2. The fraction of sp³-hybridized carbons (Fsp3) is 0.429. The maximum atomic E-state index is 13.6. The summed E-state index contributed by atoms with van der Waals surface area (Å²) in [6.45, 7) is 1.77. The van der Waals surface area contributed by atoms with Gasteiger partial charge in [0.1, 0.15) is 17.7 Å². The number of nitrogens with zero attached hydrogens (tertiary/aromatic N) is 1. The number of amides is 2. The number of rotatable bonds is 6. The largest absolute Gasteiger partial charge is 0.358 e. The van der Waals surface area contributed by atoms with Gasteiger partial charge in [-0.25, -0.2) is 8.78 Å². The Hall–Kier alpha value is -2.02. The second-order valence-electron chi connectivity index (χ2n) is 4.82. The number of nitrogens with two attached hydrogens (primary N) is 1. The van der Waals surface area contributed by atoms with Crippen LogP contribution in [0.1, 0.15) is 18.5 Å². The molecular formula is C14H20F2N3O2+. The first-order chi connectivity index (χ1) is 9.85. The zero-order valence-electron chi connectivity index (χ0n) is 12.3. The van der Waals surface area contributed by atoms with Crippen molar-refractivity contribution in [3.8, 4) is 0 Å². The molecule has 116 valence electrons. The minimum atomic E-state index is -0.634. The Morgan fingerprint density at radius 1 is 1.38 bits per heavy atom. The molecule has 1 aromatic carbocycles. The Kier molecular flexibility index (Phi) is 6.23. The maximum absolute atomic E-state index is 13.6. The van der Waals surface area contributed by atoms with Gasteiger partial charge in [0.05, 0.1) is 6.54 Å². The van der Waals surface area contributed by atoms with Crippen LogP contribution in [0.4, 0.5) is 8.78 Å². The number of quaternary nitrogens is 1. The van der Waals surface area contributed by atoms with E-state index in [0.29, 0.717) is 5.56 Å². The zero-order valence-corrected chi connectivity index (χ0v) is 12.3. The molecular weight excluding hydrogens is 280 g/mol. The van der Waals surface area contributed by atoms with Gasteiger partial charge in [0.25, 0.3) is 5.91 Å². The Labute approximate surface area is 122 Å². The molecule has 3 N–H and O–H groups in total. The predicted molar refractivity (Wildman–Crippen MR) is 73.3 cm³/mol. The Balaban J connectivity index is 2.54. The molecule has 0 heterocycles. The molecule has 0 aliphatic heterocycles. The summed E-state index contributed by atoms with van der Waals surface area (Å²) in [6.07, 6.45) is 0. The highest BCUT2D eigenvalue weighted by atomic mass is 19.1. The van der Waals surface area contributed by atoms with Crippen molar-refractivity contribution in [3.63, 3.8) is 0 Å². The molecule has 0 aromatic heterocycles. The number of carbonyl (C=O) groups excluding carboxylic acids is 2. The zero-order chi connectivity index (χ0) is 16.0. The summed E-state index contributed by atoms with van der Waals surface area (Å²) < 4.78 is 26.4. The van der Waals surface area contributed by atoms with Crippen molar-refractivity contribution < 1.29 is 23.7 Å². The standard InChI is InChI=1S/C14H19F2N3O2/c1-9(11-5-4-10(15)6-12(11)16)18-7-14(21)19(3)8-13(20)17-2/h4-6,9,18H,7-8H2,1-3H3,(H,17,20)/p+1/t9-/m0/s1. The second kappa shape index (κ2) is 7.68. The Morgan fingerprint density at radius 3 is 2.62 bits per heavy atom. The molecule has 0 unspecified atom stereocenters. The van der Waals surface area contributed by atoms with Crippen LogP contribution in [-0.2, 0) is 9.59 Å². The average molecular weight is 300 g/mol. The molecule has 1 aromatic rings. The minimum Gasteiger partial charge on any atom is -0.358 e. The molecule has 0 aliphatic carbocycles. The van der Waals surface area contributed by atoms with E-state index >= 15 is 0 Å². The van der Waals surface area contributed by atoms with E-state index in [1.54, 1.807) is 12.2 Å². The fourth-order valence-corrected chi connectivity index (χ4v) is 1.81. The van der Waals surface area contributed by atoms with Crippen LogP contribution in [0.2, 0.25) is 0 Å². The number of halogens is 2. The predicted octanol–water partition coefficient (Wildman–Crippen LogP) is -0.206. The summed E-state index contributed by atoms with van der Waals surface area (Å²) in [6, 6.07) is 3.04. The molecule has 1 rings (SSSR count). The van der Waals surface area contributed by atoms with Gasteiger partial charge in [-0.15, -0.1) is 0 Å². The minimum absolute atomic E-state index is 0.0253. The number of carbonyl (C=O) groups is 2. The fourth-order valence-electron chi connectivity index (χ4n) is 1.81. The Morgan fingerprint density at radius 2 is 2.05 bits per heavy atom. The number of nitrogens with one attached hydrogen (secondary N) is 1. The van der Waals surface area contributed by atoms with E-state index in [0.717, 1.165) is 6.07 Å². The highest BCUT2D eigenvalue weighted by molar-refractivity contribution is 5.84. The van der Waals surface area contributed by atoms with Crippen LogP contribution in [0.3, 0.4) is 0 Å². The normalized spacial score (nSPS) is 11.9. The van der Waals surface area contributed by atoms with Crippen molar-refractivity contribution in [1.82, 2.24) is 10.2 Å². The second-order valence-corrected chi connectivity index (χ2v) is 4.82. The summed E-state index contributed by atoms with van der Waals surface area (Å²) in [5, 5.41) is 4.06. The molecule has 7 heteroatoms. The molecule has 0 fully saturated rings. The van der Waals surface area contributed by atoms with Gasteiger partial charge in [0.15, 0.2) is 6.54 Å². The van der Waals surface area contributed by atoms with E-state index in [4.69, 9.17) is 0 Å². The summed E-state index contributed by atoms with van der Waals surface area (Å²) in [4.78, 5) is 24.3. The van der Waals surface area contributed by atoms with Gasteiger partial charge < -0.3 is 15.5 Å². The summed E-state index contributed by atoms with van der Waals surface area (Å²) in [5.41, 5.74) is 0.332. The SMILES string of the molecule is CNC(=O)CN(C)C(=O)C[NH2+][C@@H](C)c1ccc(F)cc1F. The molecule has 1 atom stereocenters. The van der Waals surface area contributed by atoms with Crippen LogP contribution in [-0.4, -0.2) is 43.9 Å². The molecule has 21 heavy (non-hydrogen) atoms. The van der Waals surface area contributed by atoms with E-state index in [-0.39, 0.29) is 30.9 Å². The van der Waals surface area contributed by atoms with Crippen LogP contribution in [0, 0.1) is 11.6 Å². The first-order valence-electron chi connectivity index (χ1n) is 6.58. The summed E-state index contributed by atoms with van der Waals surface area (Å²) in [5.74, 6) is -1.77. The van der Waals surface area contributed by atoms with Crippen LogP contribution >= 0.6 is 0 Å². The van der Waals surface area contributed by atoms with Crippen molar-refractivity contribution in [2.24, 2.45) is 0 Å². The lowest BCUT2D eigenvalue weighted by Gasteiger charge is -2.17. The lowest BCUT2D eigenvalue weighted by atomic mass is 10.1. The molecule has 5 nitrogen and oxygen atoms in total. The monoisotopic (exact) mass is 300 g/mol. The van der Waals surface area contributed by atoms with Crippen molar-refractivity contribution in [2.75, 3.05) is 27.2 Å². The van der Waals surface area contributed by atoms with Gasteiger partial charge in [-0.05, 0) is 19.1 Å².